The molecule has 0 aliphatic rings. The van der Waals surface area contributed by atoms with Gasteiger partial charge in [0, 0.05) is 6.54 Å². The van der Waals surface area contributed by atoms with Gasteiger partial charge in [-0.25, -0.2) is 0 Å². The normalized spacial score (nSPS) is 10.8. The molecule has 2 heterocycles. The third-order valence-corrected chi connectivity index (χ3v) is 6.23. The van der Waals surface area contributed by atoms with Gasteiger partial charge in [0.2, 0.25) is 11.7 Å². The standard InChI is InChI=1S/C26H28N4O5S/c1-4-34-20-10-8-19(9-11-20)30-25(22-6-5-15-35-22)28-29-26(30)36-17-24(31)27-14-13-18-7-12-21(32-2)23(16-18)33-3/h5-12,15-16H,4,13-14,17H2,1-3H3,(H,27,31). The van der Waals surface area contributed by atoms with E-state index in [9.17, 15) is 4.79 Å². The minimum atomic E-state index is -0.0960. The number of aromatic nitrogens is 3. The average molecular weight is 509 g/mol. The number of benzene rings is 2. The lowest BCUT2D eigenvalue weighted by Gasteiger charge is -2.11. The first-order valence-corrected chi connectivity index (χ1v) is 12.4. The van der Waals surface area contributed by atoms with Crippen LogP contribution in [-0.4, -0.2) is 53.8 Å². The average Bonchev–Trinajstić information content (AvgIpc) is 3.58. The molecular weight excluding hydrogens is 480 g/mol. The van der Waals surface area contributed by atoms with Crippen LogP contribution >= 0.6 is 11.8 Å². The molecule has 9 nitrogen and oxygen atoms in total. The second-order valence-corrected chi connectivity index (χ2v) is 8.57. The van der Waals surface area contributed by atoms with Crippen molar-refractivity contribution in [3.05, 3.63) is 66.4 Å². The third-order valence-electron chi connectivity index (χ3n) is 5.30. The van der Waals surface area contributed by atoms with Crippen molar-refractivity contribution in [2.75, 3.05) is 33.1 Å². The highest BCUT2D eigenvalue weighted by Crippen LogP contribution is 2.29. The molecule has 0 spiro atoms. The maximum Gasteiger partial charge on any atom is 0.230 e. The summed E-state index contributed by atoms with van der Waals surface area (Å²) in [7, 11) is 3.20. The van der Waals surface area contributed by atoms with Crippen molar-refractivity contribution in [2.24, 2.45) is 0 Å². The Labute approximate surface area is 213 Å². The molecule has 0 atom stereocenters. The summed E-state index contributed by atoms with van der Waals surface area (Å²) < 4.78 is 23.6. The smallest absolute Gasteiger partial charge is 0.230 e. The molecule has 36 heavy (non-hydrogen) atoms. The molecule has 0 radical (unpaired) electrons. The van der Waals surface area contributed by atoms with Gasteiger partial charge in [0.15, 0.2) is 22.4 Å². The summed E-state index contributed by atoms with van der Waals surface area (Å²) in [6, 6.07) is 17.0. The fourth-order valence-electron chi connectivity index (χ4n) is 3.58. The van der Waals surface area contributed by atoms with Crippen LogP contribution in [0.5, 0.6) is 17.2 Å². The molecule has 4 rings (SSSR count). The summed E-state index contributed by atoms with van der Waals surface area (Å²) >= 11 is 1.31. The summed E-state index contributed by atoms with van der Waals surface area (Å²) in [6.45, 7) is 3.03. The van der Waals surface area contributed by atoms with E-state index in [1.54, 1.807) is 26.5 Å². The Morgan fingerprint density at radius 1 is 1.06 bits per heavy atom. The maximum atomic E-state index is 12.6. The van der Waals surface area contributed by atoms with E-state index in [4.69, 9.17) is 18.6 Å². The second kappa shape index (κ2) is 12.2. The summed E-state index contributed by atoms with van der Waals surface area (Å²) in [5.41, 5.74) is 1.88. The van der Waals surface area contributed by atoms with Gasteiger partial charge in [0.25, 0.3) is 0 Å². The van der Waals surface area contributed by atoms with Crippen LogP contribution < -0.4 is 19.5 Å². The first-order chi connectivity index (χ1) is 17.6. The van der Waals surface area contributed by atoms with Gasteiger partial charge in [-0.3, -0.25) is 9.36 Å². The molecule has 0 bridgehead atoms. The number of furan rings is 1. The monoisotopic (exact) mass is 508 g/mol. The van der Waals surface area contributed by atoms with Crippen molar-refractivity contribution in [1.29, 1.82) is 0 Å². The van der Waals surface area contributed by atoms with E-state index in [-0.39, 0.29) is 11.7 Å². The Morgan fingerprint density at radius 3 is 2.56 bits per heavy atom. The lowest BCUT2D eigenvalue weighted by Crippen LogP contribution is -2.27. The van der Waals surface area contributed by atoms with E-state index in [1.165, 1.54) is 11.8 Å². The van der Waals surface area contributed by atoms with Gasteiger partial charge < -0.3 is 23.9 Å². The molecule has 0 fully saturated rings. The molecular formula is C26H28N4O5S. The Balaban J connectivity index is 1.41. The molecule has 0 saturated carbocycles. The van der Waals surface area contributed by atoms with Crippen molar-refractivity contribution in [2.45, 2.75) is 18.5 Å². The number of methoxy groups -OCH3 is 2. The highest BCUT2D eigenvalue weighted by atomic mass is 32.2. The summed E-state index contributed by atoms with van der Waals surface area (Å²) in [5.74, 6) is 3.35. The molecule has 0 saturated heterocycles. The number of hydrogen-bond donors (Lipinski definition) is 1. The predicted octanol–water partition coefficient (Wildman–Crippen LogP) is 4.39. The number of carbonyl (C=O) groups excluding carboxylic acids is 1. The molecule has 10 heteroatoms. The molecule has 1 amide bonds. The van der Waals surface area contributed by atoms with E-state index < -0.39 is 0 Å². The van der Waals surface area contributed by atoms with Crippen LogP contribution in [0.1, 0.15) is 12.5 Å². The highest BCUT2D eigenvalue weighted by molar-refractivity contribution is 7.99. The van der Waals surface area contributed by atoms with E-state index in [2.05, 4.69) is 15.5 Å². The van der Waals surface area contributed by atoms with Gasteiger partial charge in [0.1, 0.15) is 5.75 Å². The number of nitrogens with zero attached hydrogens (tertiary/aromatic N) is 3. The number of rotatable bonds is 12. The molecule has 1 N–H and O–H groups in total. The molecule has 0 aliphatic carbocycles. The predicted molar refractivity (Wildman–Crippen MR) is 137 cm³/mol. The van der Waals surface area contributed by atoms with Crippen molar-refractivity contribution in [3.63, 3.8) is 0 Å². The molecule has 188 valence electrons. The van der Waals surface area contributed by atoms with Gasteiger partial charge in [-0.2, -0.15) is 0 Å². The summed E-state index contributed by atoms with van der Waals surface area (Å²) in [5, 5.41) is 12.2. The van der Waals surface area contributed by atoms with Crippen LogP contribution in [0, 0.1) is 0 Å². The van der Waals surface area contributed by atoms with E-state index >= 15 is 0 Å². The summed E-state index contributed by atoms with van der Waals surface area (Å²) in [6.07, 6.45) is 2.26. The number of amides is 1. The zero-order valence-corrected chi connectivity index (χ0v) is 21.2. The van der Waals surface area contributed by atoms with Gasteiger partial charge >= 0.3 is 0 Å². The van der Waals surface area contributed by atoms with Crippen molar-refractivity contribution < 1.29 is 23.4 Å². The number of nitrogens with one attached hydrogen (secondary N) is 1. The van der Waals surface area contributed by atoms with Crippen LogP contribution in [0.25, 0.3) is 17.3 Å². The fraction of sp³-hybridized carbons (Fsp3) is 0.269. The Morgan fingerprint density at radius 2 is 1.86 bits per heavy atom. The SMILES string of the molecule is CCOc1ccc(-n2c(SCC(=O)NCCc3ccc(OC)c(OC)c3)nnc2-c2ccco2)cc1. The van der Waals surface area contributed by atoms with Gasteiger partial charge in [0.05, 0.1) is 38.5 Å². The lowest BCUT2D eigenvalue weighted by atomic mass is 10.1. The van der Waals surface area contributed by atoms with Gasteiger partial charge in [-0.15, -0.1) is 10.2 Å². The minimum Gasteiger partial charge on any atom is -0.494 e. The number of carbonyl (C=O) groups is 1. The van der Waals surface area contributed by atoms with Gasteiger partial charge in [-0.1, -0.05) is 17.8 Å². The molecule has 2 aromatic heterocycles. The van der Waals surface area contributed by atoms with E-state index in [1.807, 2.05) is 60.0 Å². The largest absolute Gasteiger partial charge is 0.494 e. The van der Waals surface area contributed by atoms with Crippen LogP contribution in [-0.2, 0) is 11.2 Å². The first kappa shape index (κ1) is 25.2. The molecule has 0 unspecified atom stereocenters. The Hall–Kier alpha value is -3.92. The quantitative estimate of drug-likeness (QED) is 0.281. The summed E-state index contributed by atoms with van der Waals surface area (Å²) in [4.78, 5) is 12.6. The van der Waals surface area contributed by atoms with Crippen molar-refractivity contribution >= 4 is 17.7 Å². The Bertz CT molecular complexity index is 1270. The Kier molecular flexibility index (Phi) is 8.51. The number of thioether (sulfide) groups is 1. The van der Waals surface area contributed by atoms with E-state index in [0.717, 1.165) is 17.0 Å². The maximum absolute atomic E-state index is 12.6. The van der Waals surface area contributed by atoms with Crippen LogP contribution in [0.15, 0.2) is 70.4 Å². The second-order valence-electron chi connectivity index (χ2n) is 7.62. The van der Waals surface area contributed by atoms with Crippen LogP contribution in [0.4, 0.5) is 0 Å². The lowest BCUT2D eigenvalue weighted by molar-refractivity contribution is -0.118. The minimum absolute atomic E-state index is 0.0960. The van der Waals surface area contributed by atoms with Gasteiger partial charge in [-0.05, 0) is 67.4 Å². The fourth-order valence-corrected chi connectivity index (χ4v) is 4.36. The molecule has 2 aromatic carbocycles. The zero-order valence-electron chi connectivity index (χ0n) is 20.4. The topological polar surface area (TPSA) is 101 Å². The third kappa shape index (κ3) is 6.01. The van der Waals surface area contributed by atoms with Crippen LogP contribution in [0.2, 0.25) is 0 Å². The molecule has 4 aromatic rings. The first-order valence-electron chi connectivity index (χ1n) is 11.5. The number of ether oxygens (including phenoxy) is 3. The zero-order chi connectivity index (χ0) is 25.3. The van der Waals surface area contributed by atoms with E-state index in [0.29, 0.717) is 47.8 Å². The number of hydrogen-bond acceptors (Lipinski definition) is 8. The molecule has 0 aliphatic heterocycles. The van der Waals surface area contributed by atoms with Crippen molar-refractivity contribution in [3.8, 4) is 34.5 Å². The highest BCUT2D eigenvalue weighted by Gasteiger charge is 2.19. The van der Waals surface area contributed by atoms with Crippen LogP contribution in [0.3, 0.4) is 0 Å². The van der Waals surface area contributed by atoms with Crippen molar-refractivity contribution in [1.82, 2.24) is 20.1 Å².